The molecule has 0 radical (unpaired) electrons. The number of sulfonamides is 1. The number of rotatable bonds is 3. The Balaban J connectivity index is 1.92. The first-order valence-electron chi connectivity index (χ1n) is 7.40. The number of hydrogen-bond donors (Lipinski definition) is 1. The van der Waals surface area contributed by atoms with Gasteiger partial charge in [0, 0.05) is 19.1 Å². The van der Waals surface area contributed by atoms with Gasteiger partial charge in [-0.15, -0.1) is 0 Å². The predicted molar refractivity (Wildman–Crippen MR) is 81.0 cm³/mol. The molecule has 21 heavy (non-hydrogen) atoms. The molecular weight excluding hydrogens is 288 g/mol. The van der Waals surface area contributed by atoms with Crippen LogP contribution in [-0.4, -0.2) is 45.5 Å². The van der Waals surface area contributed by atoms with E-state index < -0.39 is 10.0 Å². The number of ether oxygens (including phenoxy) is 1. The van der Waals surface area contributed by atoms with Crippen LogP contribution in [0.2, 0.25) is 0 Å². The van der Waals surface area contributed by atoms with Crippen molar-refractivity contribution in [3.8, 4) is 5.75 Å². The van der Waals surface area contributed by atoms with E-state index in [0.717, 1.165) is 24.9 Å². The van der Waals surface area contributed by atoms with Gasteiger partial charge in [0.25, 0.3) is 0 Å². The molecule has 2 unspecified atom stereocenters. The SMILES string of the molecule is COc1ccc(C)cc1S(=O)(=O)N1CC2CCCNC2C1. The van der Waals surface area contributed by atoms with Gasteiger partial charge in [0.2, 0.25) is 10.0 Å². The normalized spacial score (nSPS) is 26.6. The van der Waals surface area contributed by atoms with E-state index in [9.17, 15) is 8.42 Å². The van der Waals surface area contributed by atoms with E-state index >= 15 is 0 Å². The van der Waals surface area contributed by atoms with Gasteiger partial charge in [-0.05, 0) is 49.9 Å². The van der Waals surface area contributed by atoms with Gasteiger partial charge in [0.15, 0.2) is 0 Å². The van der Waals surface area contributed by atoms with Crippen LogP contribution in [0.4, 0.5) is 0 Å². The fourth-order valence-electron chi connectivity index (χ4n) is 3.33. The van der Waals surface area contributed by atoms with Crippen LogP contribution in [0.25, 0.3) is 0 Å². The zero-order valence-electron chi connectivity index (χ0n) is 12.5. The highest BCUT2D eigenvalue weighted by atomic mass is 32.2. The minimum Gasteiger partial charge on any atom is -0.495 e. The summed E-state index contributed by atoms with van der Waals surface area (Å²) in [5.74, 6) is 0.854. The third-order valence-electron chi connectivity index (χ3n) is 4.50. The van der Waals surface area contributed by atoms with Crippen LogP contribution < -0.4 is 10.1 Å². The molecule has 1 aromatic rings. The summed E-state index contributed by atoms with van der Waals surface area (Å²) in [6.45, 7) is 4.05. The molecule has 2 aliphatic heterocycles. The fraction of sp³-hybridized carbons (Fsp3) is 0.600. The van der Waals surface area contributed by atoms with Crippen LogP contribution in [0.15, 0.2) is 23.1 Å². The molecular formula is C15H22N2O3S. The number of fused-ring (bicyclic) bond motifs is 1. The average molecular weight is 310 g/mol. The number of aryl methyl sites for hydroxylation is 1. The highest BCUT2D eigenvalue weighted by Gasteiger charge is 2.41. The van der Waals surface area contributed by atoms with Gasteiger partial charge in [-0.25, -0.2) is 8.42 Å². The van der Waals surface area contributed by atoms with Gasteiger partial charge in [0.05, 0.1) is 7.11 Å². The molecule has 2 atom stereocenters. The Bertz CT molecular complexity index is 616. The lowest BCUT2D eigenvalue weighted by molar-refractivity contribution is 0.339. The summed E-state index contributed by atoms with van der Waals surface area (Å²) in [5.41, 5.74) is 0.920. The molecule has 3 rings (SSSR count). The van der Waals surface area contributed by atoms with Crippen molar-refractivity contribution in [3.05, 3.63) is 23.8 Å². The number of hydrogen-bond acceptors (Lipinski definition) is 4. The van der Waals surface area contributed by atoms with Crippen molar-refractivity contribution in [2.45, 2.75) is 30.7 Å². The van der Waals surface area contributed by atoms with Crippen LogP contribution in [-0.2, 0) is 10.0 Å². The number of nitrogens with one attached hydrogen (secondary N) is 1. The summed E-state index contributed by atoms with van der Waals surface area (Å²) < 4.78 is 32.7. The zero-order valence-corrected chi connectivity index (χ0v) is 13.3. The van der Waals surface area contributed by atoms with E-state index in [2.05, 4.69) is 5.32 Å². The molecule has 0 aromatic heterocycles. The van der Waals surface area contributed by atoms with Crippen molar-refractivity contribution in [1.29, 1.82) is 0 Å². The Labute approximate surface area is 126 Å². The Morgan fingerprint density at radius 2 is 2.14 bits per heavy atom. The number of piperidine rings is 1. The first kappa shape index (κ1) is 14.8. The molecule has 6 heteroatoms. The van der Waals surface area contributed by atoms with Crippen LogP contribution in [0.3, 0.4) is 0 Å². The molecule has 5 nitrogen and oxygen atoms in total. The zero-order chi connectivity index (χ0) is 15.0. The summed E-state index contributed by atoms with van der Waals surface area (Å²) in [7, 11) is -1.98. The number of benzene rings is 1. The minimum absolute atomic E-state index is 0.281. The molecule has 0 saturated carbocycles. The van der Waals surface area contributed by atoms with Crippen molar-refractivity contribution >= 4 is 10.0 Å². The van der Waals surface area contributed by atoms with E-state index in [-0.39, 0.29) is 4.90 Å². The highest BCUT2D eigenvalue weighted by molar-refractivity contribution is 7.89. The molecule has 0 bridgehead atoms. The van der Waals surface area contributed by atoms with E-state index in [0.29, 0.717) is 30.8 Å². The highest BCUT2D eigenvalue weighted by Crippen LogP contribution is 2.33. The van der Waals surface area contributed by atoms with E-state index in [4.69, 9.17) is 4.74 Å². The van der Waals surface area contributed by atoms with Gasteiger partial charge in [-0.1, -0.05) is 6.07 Å². The van der Waals surface area contributed by atoms with Gasteiger partial charge in [-0.2, -0.15) is 4.31 Å². The monoisotopic (exact) mass is 310 g/mol. The molecule has 116 valence electrons. The van der Waals surface area contributed by atoms with Crippen LogP contribution in [0.1, 0.15) is 18.4 Å². The van der Waals surface area contributed by atoms with Gasteiger partial charge in [-0.3, -0.25) is 0 Å². The maximum Gasteiger partial charge on any atom is 0.246 e. The largest absolute Gasteiger partial charge is 0.495 e. The summed E-state index contributed by atoms with van der Waals surface area (Å²) in [4.78, 5) is 0.281. The first-order chi connectivity index (χ1) is 10.0. The van der Waals surface area contributed by atoms with Gasteiger partial charge >= 0.3 is 0 Å². The molecule has 2 aliphatic rings. The fourth-order valence-corrected chi connectivity index (χ4v) is 5.09. The van der Waals surface area contributed by atoms with Crippen molar-refractivity contribution in [2.24, 2.45) is 5.92 Å². The predicted octanol–water partition coefficient (Wildman–Crippen LogP) is 1.38. The third kappa shape index (κ3) is 2.67. The van der Waals surface area contributed by atoms with E-state index in [1.165, 1.54) is 7.11 Å². The lowest BCUT2D eigenvalue weighted by Crippen LogP contribution is -2.41. The minimum atomic E-state index is -3.49. The molecule has 2 fully saturated rings. The maximum absolute atomic E-state index is 12.9. The first-order valence-corrected chi connectivity index (χ1v) is 8.84. The summed E-state index contributed by atoms with van der Waals surface area (Å²) >= 11 is 0. The molecule has 0 spiro atoms. The van der Waals surface area contributed by atoms with Crippen LogP contribution >= 0.6 is 0 Å². The standard InChI is InChI=1S/C15H22N2O3S/c1-11-5-6-14(20-2)15(8-11)21(18,19)17-9-12-4-3-7-16-13(12)10-17/h5-6,8,12-13,16H,3-4,7,9-10H2,1-2H3. The smallest absolute Gasteiger partial charge is 0.246 e. The molecule has 0 aliphatic carbocycles. The lowest BCUT2D eigenvalue weighted by atomic mass is 9.94. The lowest BCUT2D eigenvalue weighted by Gasteiger charge is -2.24. The second-order valence-electron chi connectivity index (χ2n) is 5.94. The molecule has 0 amide bonds. The van der Waals surface area contributed by atoms with Crippen LogP contribution in [0.5, 0.6) is 5.75 Å². The van der Waals surface area contributed by atoms with Gasteiger partial charge < -0.3 is 10.1 Å². The Hall–Kier alpha value is -1.11. The van der Waals surface area contributed by atoms with E-state index in [1.54, 1.807) is 16.4 Å². The summed E-state index contributed by atoms with van der Waals surface area (Å²) in [6, 6.07) is 5.58. The number of methoxy groups -OCH3 is 1. The van der Waals surface area contributed by atoms with Crippen molar-refractivity contribution in [2.75, 3.05) is 26.7 Å². The van der Waals surface area contributed by atoms with Crippen molar-refractivity contribution in [3.63, 3.8) is 0 Å². The van der Waals surface area contributed by atoms with Gasteiger partial charge in [0.1, 0.15) is 10.6 Å². The quantitative estimate of drug-likeness (QED) is 0.916. The Morgan fingerprint density at radius 3 is 2.86 bits per heavy atom. The number of nitrogens with zero attached hydrogens (tertiary/aromatic N) is 1. The second kappa shape index (κ2) is 5.59. The van der Waals surface area contributed by atoms with E-state index in [1.807, 2.05) is 13.0 Å². The summed E-state index contributed by atoms with van der Waals surface area (Å²) in [6.07, 6.45) is 2.23. The van der Waals surface area contributed by atoms with Crippen molar-refractivity contribution < 1.29 is 13.2 Å². The average Bonchev–Trinajstić information content (AvgIpc) is 2.92. The maximum atomic E-state index is 12.9. The van der Waals surface area contributed by atoms with Crippen LogP contribution in [0, 0.1) is 12.8 Å². The third-order valence-corrected chi connectivity index (χ3v) is 6.36. The molecule has 1 aromatic carbocycles. The Kier molecular flexibility index (Phi) is 3.94. The van der Waals surface area contributed by atoms with Crippen molar-refractivity contribution in [1.82, 2.24) is 9.62 Å². The second-order valence-corrected chi connectivity index (χ2v) is 7.85. The topological polar surface area (TPSA) is 58.6 Å². The molecule has 2 saturated heterocycles. The molecule has 1 N–H and O–H groups in total. The molecule has 2 heterocycles. The Morgan fingerprint density at radius 1 is 1.33 bits per heavy atom. The summed E-state index contributed by atoms with van der Waals surface area (Å²) in [5, 5.41) is 3.44.